The van der Waals surface area contributed by atoms with Crippen molar-refractivity contribution in [1.82, 2.24) is 5.32 Å². The minimum Gasteiger partial charge on any atom is -0.465 e. The lowest BCUT2D eigenvalue weighted by Crippen LogP contribution is -2.28. The first-order valence-electron chi connectivity index (χ1n) is 6.48. The number of hydrogen-bond acceptors (Lipinski definition) is 6. The van der Waals surface area contributed by atoms with Crippen molar-refractivity contribution in [3.05, 3.63) is 0 Å². The lowest BCUT2D eigenvalue weighted by atomic mass is 9.91. The van der Waals surface area contributed by atoms with Gasteiger partial charge < -0.3 is 19.9 Å². The maximum Gasteiger partial charge on any atom is 0.404 e. The van der Waals surface area contributed by atoms with Crippen LogP contribution in [0.4, 0.5) is 4.79 Å². The quantitative estimate of drug-likeness (QED) is 0.510. The number of carbonyl (C=O) groups excluding carboxylic acids is 2. The Hall–Kier alpha value is -1.79. The molecule has 0 aliphatic carbocycles. The molecule has 0 bridgehead atoms. The maximum absolute atomic E-state index is 11.6. The minimum atomic E-state index is -0.920. The van der Waals surface area contributed by atoms with E-state index in [1.807, 2.05) is 6.92 Å². The highest BCUT2D eigenvalue weighted by molar-refractivity contribution is 5.76. The van der Waals surface area contributed by atoms with Crippen LogP contribution < -0.4 is 5.32 Å². The zero-order valence-corrected chi connectivity index (χ0v) is 11.5. The number of esters is 2. The molecular weight excluding hydrogens is 254 g/mol. The zero-order valence-electron chi connectivity index (χ0n) is 12.5. The first kappa shape index (κ1) is 15.3. The summed E-state index contributed by atoms with van der Waals surface area (Å²) in [6.45, 7) is 5.39. The number of hydrogen-bond donors (Lipinski definition) is 2. The molecule has 0 rings (SSSR count). The Morgan fingerprint density at radius 1 is 1.26 bits per heavy atom. The summed E-state index contributed by atoms with van der Waals surface area (Å²) in [6.07, 6.45) is -0.320. The molecule has 0 fully saturated rings. The molecule has 2 N–H and O–H groups in total. The summed E-state index contributed by atoms with van der Waals surface area (Å²) in [5.41, 5.74) is -0.565. The van der Waals surface area contributed by atoms with Crippen molar-refractivity contribution in [3.8, 4) is 0 Å². The summed E-state index contributed by atoms with van der Waals surface area (Å²) in [6, 6.07) is 0. The number of carbonyl (C=O) groups is 3. The fourth-order valence-corrected chi connectivity index (χ4v) is 0.957. The molecule has 0 radical (unpaired) electrons. The van der Waals surface area contributed by atoms with E-state index in [0.717, 1.165) is 0 Å². The molecule has 0 aromatic heterocycles. The topological polar surface area (TPSA) is 102 Å². The largest absolute Gasteiger partial charge is 0.465 e. The molecule has 7 nitrogen and oxygen atoms in total. The Labute approximate surface area is 113 Å². The van der Waals surface area contributed by atoms with Crippen LogP contribution in [0.25, 0.3) is 1.43 Å². The molecule has 0 heterocycles. The van der Waals surface area contributed by atoms with Gasteiger partial charge in [-0.25, -0.2) is 4.79 Å². The Bertz CT molecular complexity index is 345. The van der Waals surface area contributed by atoms with E-state index in [1.165, 1.54) is 0 Å². The predicted octanol–water partition coefficient (Wildman–Crippen LogP) is 1.17. The van der Waals surface area contributed by atoms with Crippen molar-refractivity contribution < 1.29 is 29.0 Å². The van der Waals surface area contributed by atoms with Crippen molar-refractivity contribution in [2.24, 2.45) is 5.41 Å². The van der Waals surface area contributed by atoms with Gasteiger partial charge in [0.15, 0.2) is 0 Å². The molecule has 0 saturated carbocycles. The average Bonchev–Trinajstić information content (AvgIpc) is 2.42. The second-order valence-electron chi connectivity index (χ2n) is 4.56. The van der Waals surface area contributed by atoms with E-state index < -0.39 is 17.5 Å². The van der Waals surface area contributed by atoms with Crippen LogP contribution in [0, 0.1) is 5.41 Å². The van der Waals surface area contributed by atoms with Crippen LogP contribution in [0.5, 0.6) is 0 Å². The normalized spacial score (nSPS) is 11.2. The third-order valence-corrected chi connectivity index (χ3v) is 2.61. The zero-order chi connectivity index (χ0) is 15.6. The van der Waals surface area contributed by atoms with Crippen LogP contribution in [0.3, 0.4) is 0 Å². The third kappa shape index (κ3) is 8.01. The summed E-state index contributed by atoms with van der Waals surface area (Å²) in [5, 5.41) is 5.77. The second-order valence-corrected chi connectivity index (χ2v) is 4.56. The third-order valence-electron chi connectivity index (χ3n) is 2.61. The molecule has 0 spiro atoms. The highest BCUT2D eigenvalue weighted by Gasteiger charge is 2.27. The van der Waals surface area contributed by atoms with Gasteiger partial charge in [-0.15, -0.1) is 0 Å². The van der Waals surface area contributed by atoms with Gasteiger partial charge in [-0.2, -0.15) is 0 Å². The molecular formula is C12H21NO6. The standard InChI is InChI=1S/C12H21NO6/c1-4-12(2,3)10(15)19-7-5-9(14)18-8-6-13-11(16)17/h13H,4-8H2,1-3H3,(H,16,17)/i/hT. The van der Waals surface area contributed by atoms with E-state index in [0.29, 0.717) is 6.42 Å². The van der Waals surface area contributed by atoms with Crippen LogP contribution >= 0.6 is 0 Å². The van der Waals surface area contributed by atoms with E-state index in [9.17, 15) is 14.4 Å². The SMILES string of the molecule is [3H]OC(=O)NCCOC(=O)CCOC(=O)C(C)(C)CC. The van der Waals surface area contributed by atoms with Crippen molar-refractivity contribution >= 4 is 18.0 Å². The molecule has 0 aliphatic heterocycles. The summed E-state index contributed by atoms with van der Waals surface area (Å²) in [5.74, 6) is -0.888. The van der Waals surface area contributed by atoms with Gasteiger partial charge in [-0.1, -0.05) is 6.92 Å². The fraction of sp³-hybridized carbons (Fsp3) is 0.750. The van der Waals surface area contributed by atoms with Gasteiger partial charge in [0.2, 0.25) is 0 Å². The molecule has 0 aromatic rings. The second kappa shape index (κ2) is 8.34. The minimum absolute atomic E-state index is 0.0384. The molecule has 0 unspecified atom stereocenters. The lowest BCUT2D eigenvalue weighted by Gasteiger charge is -2.20. The molecule has 0 aliphatic rings. The van der Waals surface area contributed by atoms with Gasteiger partial charge in [0.1, 0.15) is 13.2 Å². The van der Waals surface area contributed by atoms with E-state index in [1.54, 1.807) is 13.8 Å². The first-order chi connectivity index (χ1) is 9.33. The van der Waals surface area contributed by atoms with Gasteiger partial charge in [-0.3, -0.25) is 9.59 Å². The van der Waals surface area contributed by atoms with Crippen LogP contribution in [0.15, 0.2) is 0 Å². The van der Waals surface area contributed by atoms with Crippen molar-refractivity contribution in [2.45, 2.75) is 33.6 Å². The number of carboxylic acid groups (broad SMARTS) is 1. The summed E-state index contributed by atoms with van der Waals surface area (Å²) >= 11 is 0. The van der Waals surface area contributed by atoms with E-state index in [4.69, 9.17) is 10.9 Å². The number of amides is 1. The Balaban J connectivity index is 3.69. The van der Waals surface area contributed by atoms with Crippen LogP contribution in [0.1, 0.15) is 33.6 Å². The van der Waals surface area contributed by atoms with E-state index in [-0.39, 0.29) is 32.1 Å². The monoisotopic (exact) mass is 277 g/mol. The first-order valence-corrected chi connectivity index (χ1v) is 6.07. The smallest absolute Gasteiger partial charge is 0.404 e. The molecule has 0 saturated heterocycles. The summed E-state index contributed by atoms with van der Waals surface area (Å²) in [4.78, 5) is 33.4. The molecule has 19 heavy (non-hydrogen) atoms. The lowest BCUT2D eigenvalue weighted by molar-refractivity contribution is -0.156. The molecule has 110 valence electrons. The number of ether oxygens (including phenoxy) is 2. The van der Waals surface area contributed by atoms with Gasteiger partial charge in [-0.05, 0) is 20.3 Å². The maximum atomic E-state index is 11.6. The number of rotatable bonds is 8. The number of nitrogens with one attached hydrogen (secondary N) is 1. The van der Waals surface area contributed by atoms with Gasteiger partial charge in [0.25, 0.3) is 1.43 Å². The van der Waals surface area contributed by atoms with Gasteiger partial charge >= 0.3 is 18.0 Å². The highest BCUT2D eigenvalue weighted by atomic mass is 16.5. The van der Waals surface area contributed by atoms with Crippen molar-refractivity contribution in [2.75, 3.05) is 19.8 Å². The fourth-order valence-electron chi connectivity index (χ4n) is 0.957. The van der Waals surface area contributed by atoms with E-state index in [2.05, 4.69) is 10.4 Å². The molecule has 0 atom stereocenters. The average molecular weight is 277 g/mol. The van der Waals surface area contributed by atoms with E-state index >= 15 is 0 Å². The molecule has 0 aromatic carbocycles. The summed E-state index contributed by atoms with van der Waals surface area (Å²) < 4.78 is 16.0. The van der Waals surface area contributed by atoms with Crippen LogP contribution in [0.2, 0.25) is 0 Å². The molecule has 1 amide bonds. The van der Waals surface area contributed by atoms with Crippen LogP contribution in [-0.2, 0) is 19.1 Å². The van der Waals surface area contributed by atoms with Gasteiger partial charge in [0.05, 0.1) is 18.4 Å². The Morgan fingerprint density at radius 3 is 2.53 bits per heavy atom. The predicted molar refractivity (Wildman–Crippen MR) is 66.6 cm³/mol. The highest BCUT2D eigenvalue weighted by Crippen LogP contribution is 2.21. The van der Waals surface area contributed by atoms with Crippen molar-refractivity contribution in [1.29, 1.82) is 1.43 Å². The van der Waals surface area contributed by atoms with Crippen molar-refractivity contribution in [3.63, 3.8) is 0 Å². The van der Waals surface area contributed by atoms with Gasteiger partial charge in [0, 0.05) is 0 Å². The Kier molecular flexibility index (Phi) is 6.70. The Morgan fingerprint density at radius 2 is 1.95 bits per heavy atom. The van der Waals surface area contributed by atoms with Crippen LogP contribution in [-0.4, -0.2) is 42.9 Å². The molecule has 7 heteroatoms. The summed E-state index contributed by atoms with van der Waals surface area (Å²) in [7, 11) is 0.